The van der Waals surface area contributed by atoms with Crippen molar-refractivity contribution in [1.29, 1.82) is 0 Å². The number of pyridine rings is 1. The molecule has 1 saturated carbocycles. The van der Waals surface area contributed by atoms with Crippen LogP contribution in [0.3, 0.4) is 0 Å². The highest BCUT2D eigenvalue weighted by atomic mass is 35.5. The minimum atomic E-state index is -0.477. The first-order chi connectivity index (χ1) is 10.2. The largest absolute Gasteiger partial charge is 0.473 e. The summed E-state index contributed by atoms with van der Waals surface area (Å²) in [6.45, 7) is 0. The van der Waals surface area contributed by atoms with Crippen LogP contribution >= 0.6 is 11.6 Å². The van der Waals surface area contributed by atoms with Crippen molar-refractivity contribution >= 4 is 11.6 Å². The molecule has 0 unspecified atom stereocenters. The molecule has 1 fully saturated rings. The maximum absolute atomic E-state index is 12.8. The number of rotatable bonds is 3. The average molecular weight is 308 g/mol. The van der Waals surface area contributed by atoms with Gasteiger partial charge in [0.2, 0.25) is 5.88 Å². The molecule has 0 aromatic carbocycles. The molecule has 4 nitrogen and oxygen atoms in total. The zero-order valence-corrected chi connectivity index (χ0v) is 12.2. The van der Waals surface area contributed by atoms with Crippen molar-refractivity contribution < 1.29 is 9.13 Å². The fourth-order valence-electron chi connectivity index (χ4n) is 2.44. The van der Waals surface area contributed by atoms with Gasteiger partial charge in [-0.2, -0.15) is 0 Å². The Bertz CT molecular complexity index is 615. The molecule has 0 amide bonds. The molecule has 21 heavy (non-hydrogen) atoms. The van der Waals surface area contributed by atoms with Crippen LogP contribution in [-0.2, 0) is 0 Å². The fraction of sp³-hybridized carbons (Fsp3) is 0.400. The van der Waals surface area contributed by atoms with Crippen molar-refractivity contribution in [3.8, 4) is 17.3 Å². The molecule has 0 saturated heterocycles. The van der Waals surface area contributed by atoms with Crippen LogP contribution in [0.2, 0.25) is 5.02 Å². The molecule has 0 spiro atoms. The normalized spacial score (nSPS) is 15.9. The quantitative estimate of drug-likeness (QED) is 0.858. The second-order valence-electron chi connectivity index (χ2n) is 5.11. The number of hydrogen-bond acceptors (Lipinski definition) is 4. The number of halogens is 2. The third kappa shape index (κ3) is 3.47. The Labute approximate surface area is 127 Å². The fourth-order valence-corrected chi connectivity index (χ4v) is 2.65. The minimum Gasteiger partial charge on any atom is -0.473 e. The SMILES string of the molecule is Fc1cnc(-c2cnc(OC3CCCCC3)c(Cl)c2)nc1. The van der Waals surface area contributed by atoms with Crippen LogP contribution in [0.15, 0.2) is 24.7 Å². The Balaban J connectivity index is 1.77. The molecule has 2 aromatic heterocycles. The smallest absolute Gasteiger partial charge is 0.232 e. The second kappa shape index (κ2) is 6.35. The van der Waals surface area contributed by atoms with Gasteiger partial charge in [0.1, 0.15) is 11.1 Å². The molecule has 1 aliphatic rings. The van der Waals surface area contributed by atoms with Gasteiger partial charge in [-0.1, -0.05) is 18.0 Å². The summed E-state index contributed by atoms with van der Waals surface area (Å²) >= 11 is 6.21. The van der Waals surface area contributed by atoms with Crippen molar-refractivity contribution in [2.45, 2.75) is 38.2 Å². The lowest BCUT2D eigenvalue weighted by atomic mass is 9.98. The van der Waals surface area contributed by atoms with Gasteiger partial charge < -0.3 is 4.74 Å². The van der Waals surface area contributed by atoms with E-state index >= 15 is 0 Å². The monoisotopic (exact) mass is 307 g/mol. The Kier molecular flexibility index (Phi) is 4.29. The van der Waals surface area contributed by atoms with E-state index in [0.717, 1.165) is 25.2 Å². The second-order valence-corrected chi connectivity index (χ2v) is 5.52. The number of aromatic nitrogens is 3. The molecule has 2 heterocycles. The van der Waals surface area contributed by atoms with Gasteiger partial charge in [-0.15, -0.1) is 0 Å². The predicted octanol–water partition coefficient (Wildman–Crippen LogP) is 4.04. The van der Waals surface area contributed by atoms with Crippen LogP contribution in [0.1, 0.15) is 32.1 Å². The van der Waals surface area contributed by atoms with Crippen molar-refractivity contribution in [1.82, 2.24) is 15.0 Å². The van der Waals surface area contributed by atoms with Crippen LogP contribution in [0.4, 0.5) is 4.39 Å². The van der Waals surface area contributed by atoms with Crippen molar-refractivity contribution in [3.63, 3.8) is 0 Å². The van der Waals surface area contributed by atoms with Crippen LogP contribution in [0.5, 0.6) is 5.88 Å². The van der Waals surface area contributed by atoms with Gasteiger partial charge in [0.15, 0.2) is 11.6 Å². The molecular weight excluding hydrogens is 293 g/mol. The van der Waals surface area contributed by atoms with Crippen molar-refractivity contribution in [2.75, 3.05) is 0 Å². The summed E-state index contributed by atoms with van der Waals surface area (Å²) in [7, 11) is 0. The first kappa shape index (κ1) is 14.2. The van der Waals surface area contributed by atoms with Gasteiger partial charge in [0, 0.05) is 11.8 Å². The molecule has 0 bridgehead atoms. The van der Waals surface area contributed by atoms with Crippen LogP contribution < -0.4 is 4.74 Å². The van der Waals surface area contributed by atoms with E-state index in [2.05, 4.69) is 15.0 Å². The molecule has 0 radical (unpaired) electrons. The minimum absolute atomic E-state index is 0.191. The van der Waals surface area contributed by atoms with E-state index in [1.807, 2.05) is 0 Å². The molecule has 0 aliphatic heterocycles. The van der Waals surface area contributed by atoms with E-state index in [1.54, 1.807) is 12.3 Å². The van der Waals surface area contributed by atoms with E-state index < -0.39 is 5.82 Å². The molecule has 0 atom stereocenters. The first-order valence-electron chi connectivity index (χ1n) is 7.02. The highest BCUT2D eigenvalue weighted by Crippen LogP contribution is 2.29. The van der Waals surface area contributed by atoms with Gasteiger partial charge in [-0.05, 0) is 31.7 Å². The summed E-state index contributed by atoms with van der Waals surface area (Å²) in [6, 6.07) is 1.69. The topological polar surface area (TPSA) is 47.9 Å². The highest BCUT2D eigenvalue weighted by Gasteiger charge is 2.17. The maximum atomic E-state index is 12.8. The van der Waals surface area contributed by atoms with Crippen LogP contribution in [0, 0.1) is 5.82 Å². The Morgan fingerprint density at radius 1 is 1.05 bits per heavy atom. The lowest BCUT2D eigenvalue weighted by Gasteiger charge is -2.22. The van der Waals surface area contributed by atoms with Crippen LogP contribution in [0.25, 0.3) is 11.4 Å². The lowest BCUT2D eigenvalue weighted by Crippen LogP contribution is -2.20. The lowest BCUT2D eigenvalue weighted by molar-refractivity contribution is 0.149. The van der Waals surface area contributed by atoms with Gasteiger partial charge in [-0.3, -0.25) is 0 Å². The Morgan fingerprint density at radius 3 is 2.43 bits per heavy atom. The van der Waals surface area contributed by atoms with Crippen molar-refractivity contribution in [3.05, 3.63) is 35.5 Å². The van der Waals surface area contributed by atoms with Crippen molar-refractivity contribution in [2.24, 2.45) is 0 Å². The summed E-state index contributed by atoms with van der Waals surface area (Å²) in [6.07, 6.45) is 9.73. The highest BCUT2D eigenvalue weighted by molar-refractivity contribution is 6.32. The summed E-state index contributed by atoms with van der Waals surface area (Å²) in [5, 5.41) is 0.422. The van der Waals surface area contributed by atoms with E-state index in [0.29, 0.717) is 22.3 Å². The van der Waals surface area contributed by atoms with Gasteiger partial charge in [0.05, 0.1) is 12.4 Å². The average Bonchev–Trinajstić information content (AvgIpc) is 2.51. The van der Waals surface area contributed by atoms with Gasteiger partial charge in [-0.25, -0.2) is 19.3 Å². The zero-order chi connectivity index (χ0) is 14.7. The molecule has 110 valence electrons. The van der Waals surface area contributed by atoms with E-state index in [4.69, 9.17) is 16.3 Å². The molecule has 0 N–H and O–H groups in total. The first-order valence-corrected chi connectivity index (χ1v) is 7.40. The Hall–Kier alpha value is -1.75. The van der Waals surface area contributed by atoms with E-state index in [9.17, 15) is 4.39 Å². The van der Waals surface area contributed by atoms with Crippen LogP contribution in [-0.4, -0.2) is 21.1 Å². The summed E-state index contributed by atoms with van der Waals surface area (Å²) in [4.78, 5) is 12.1. The zero-order valence-electron chi connectivity index (χ0n) is 11.4. The Morgan fingerprint density at radius 2 is 1.76 bits per heavy atom. The van der Waals surface area contributed by atoms with E-state index in [1.165, 1.54) is 19.3 Å². The number of hydrogen-bond donors (Lipinski definition) is 0. The summed E-state index contributed by atoms with van der Waals surface area (Å²) in [5.74, 6) is 0.347. The third-order valence-electron chi connectivity index (χ3n) is 3.52. The van der Waals surface area contributed by atoms with Gasteiger partial charge in [0.25, 0.3) is 0 Å². The molecule has 3 rings (SSSR count). The van der Waals surface area contributed by atoms with Gasteiger partial charge >= 0.3 is 0 Å². The molecule has 6 heteroatoms. The summed E-state index contributed by atoms with van der Waals surface area (Å²) < 4.78 is 18.7. The number of nitrogens with zero attached hydrogens (tertiary/aromatic N) is 3. The number of ether oxygens (including phenoxy) is 1. The summed E-state index contributed by atoms with van der Waals surface area (Å²) in [5.41, 5.74) is 0.635. The standard InChI is InChI=1S/C15H15ClFN3O/c16-13-6-10(14-18-8-11(17)9-19-14)7-20-15(13)21-12-4-2-1-3-5-12/h6-9,12H,1-5H2. The van der Waals surface area contributed by atoms with E-state index in [-0.39, 0.29) is 6.10 Å². The third-order valence-corrected chi connectivity index (χ3v) is 3.79. The molecule has 1 aliphatic carbocycles. The molecular formula is C15H15ClFN3O. The predicted molar refractivity (Wildman–Crippen MR) is 77.7 cm³/mol. The maximum Gasteiger partial charge on any atom is 0.232 e. The molecule has 2 aromatic rings.